The largest absolute Gasteiger partial charge is 0.492 e. The summed E-state index contributed by atoms with van der Waals surface area (Å²) in [5, 5.41) is 3.41. The number of ether oxygens (including phenoxy) is 2. The van der Waals surface area contributed by atoms with Gasteiger partial charge in [0.2, 0.25) is 0 Å². The average Bonchev–Trinajstić information content (AvgIpc) is 2.40. The molecule has 0 amide bonds. The van der Waals surface area contributed by atoms with E-state index in [1.807, 2.05) is 6.92 Å². The first kappa shape index (κ1) is 14.7. The standard InChI is InChI=1S/C15H22BrNO2/c1-3-19-14-10-12(9-13(16)15(14)18-2)8-11-4-6-17-7-5-11/h9-11,17H,3-8H2,1-2H3. The molecule has 0 bridgehead atoms. The van der Waals surface area contributed by atoms with E-state index in [2.05, 4.69) is 33.4 Å². The highest BCUT2D eigenvalue weighted by Crippen LogP contribution is 2.37. The lowest BCUT2D eigenvalue weighted by molar-refractivity contribution is 0.308. The quantitative estimate of drug-likeness (QED) is 0.899. The zero-order valence-corrected chi connectivity index (χ0v) is 13.3. The van der Waals surface area contributed by atoms with Crippen LogP contribution in [-0.2, 0) is 6.42 Å². The van der Waals surface area contributed by atoms with E-state index in [9.17, 15) is 0 Å². The van der Waals surface area contributed by atoms with Gasteiger partial charge >= 0.3 is 0 Å². The number of rotatable bonds is 5. The Kier molecular flexibility index (Phi) is 5.52. The first-order chi connectivity index (χ1) is 9.24. The Bertz CT molecular complexity index is 417. The number of hydrogen-bond acceptors (Lipinski definition) is 3. The van der Waals surface area contributed by atoms with Gasteiger partial charge < -0.3 is 14.8 Å². The number of halogens is 1. The van der Waals surface area contributed by atoms with Crippen LogP contribution in [0.4, 0.5) is 0 Å². The maximum Gasteiger partial charge on any atom is 0.174 e. The van der Waals surface area contributed by atoms with E-state index in [1.165, 1.54) is 18.4 Å². The van der Waals surface area contributed by atoms with Gasteiger partial charge in [0.25, 0.3) is 0 Å². The topological polar surface area (TPSA) is 30.5 Å². The Morgan fingerprint density at radius 3 is 2.68 bits per heavy atom. The molecule has 1 N–H and O–H groups in total. The predicted molar refractivity (Wildman–Crippen MR) is 81.2 cm³/mol. The van der Waals surface area contributed by atoms with Gasteiger partial charge in [-0.05, 0) is 78.8 Å². The van der Waals surface area contributed by atoms with Crippen molar-refractivity contribution in [2.75, 3.05) is 26.8 Å². The summed E-state index contributed by atoms with van der Waals surface area (Å²) >= 11 is 3.58. The Balaban J connectivity index is 2.15. The molecule has 19 heavy (non-hydrogen) atoms. The lowest BCUT2D eigenvalue weighted by Crippen LogP contribution is -2.28. The van der Waals surface area contributed by atoms with Crippen LogP contribution in [0.5, 0.6) is 11.5 Å². The fraction of sp³-hybridized carbons (Fsp3) is 0.600. The lowest BCUT2D eigenvalue weighted by atomic mass is 9.91. The van der Waals surface area contributed by atoms with Crippen LogP contribution in [0.1, 0.15) is 25.3 Å². The fourth-order valence-electron chi connectivity index (χ4n) is 2.62. The van der Waals surface area contributed by atoms with Gasteiger partial charge in [-0.15, -0.1) is 0 Å². The molecule has 0 unspecified atom stereocenters. The molecule has 1 aliphatic rings. The summed E-state index contributed by atoms with van der Waals surface area (Å²) in [4.78, 5) is 0. The summed E-state index contributed by atoms with van der Waals surface area (Å²) in [6.07, 6.45) is 3.63. The van der Waals surface area contributed by atoms with E-state index in [4.69, 9.17) is 9.47 Å². The number of hydrogen-bond donors (Lipinski definition) is 1. The third kappa shape index (κ3) is 3.86. The number of piperidine rings is 1. The van der Waals surface area contributed by atoms with E-state index in [1.54, 1.807) is 7.11 Å². The van der Waals surface area contributed by atoms with Gasteiger partial charge in [0, 0.05) is 0 Å². The van der Waals surface area contributed by atoms with Crippen LogP contribution in [0.25, 0.3) is 0 Å². The van der Waals surface area contributed by atoms with E-state index in [-0.39, 0.29) is 0 Å². The summed E-state index contributed by atoms with van der Waals surface area (Å²) in [6.45, 7) is 4.92. The second-order valence-corrected chi connectivity index (χ2v) is 5.79. The maximum atomic E-state index is 5.67. The second-order valence-electron chi connectivity index (χ2n) is 4.94. The molecule has 4 heteroatoms. The van der Waals surface area contributed by atoms with Crippen molar-refractivity contribution < 1.29 is 9.47 Å². The van der Waals surface area contributed by atoms with Gasteiger partial charge in [-0.3, -0.25) is 0 Å². The number of methoxy groups -OCH3 is 1. The molecular weight excluding hydrogens is 306 g/mol. The van der Waals surface area contributed by atoms with Crippen LogP contribution in [-0.4, -0.2) is 26.8 Å². The molecule has 0 saturated carbocycles. The molecule has 106 valence electrons. The lowest BCUT2D eigenvalue weighted by Gasteiger charge is -2.23. The molecule has 1 saturated heterocycles. The van der Waals surface area contributed by atoms with Crippen LogP contribution in [0.15, 0.2) is 16.6 Å². The Hall–Kier alpha value is -0.740. The Labute approximate surface area is 123 Å². The van der Waals surface area contributed by atoms with Crippen LogP contribution in [0, 0.1) is 5.92 Å². The molecular formula is C15H22BrNO2. The molecule has 0 radical (unpaired) electrons. The van der Waals surface area contributed by atoms with Crippen molar-refractivity contribution >= 4 is 15.9 Å². The summed E-state index contributed by atoms with van der Waals surface area (Å²) in [6, 6.07) is 4.28. The van der Waals surface area contributed by atoms with E-state index >= 15 is 0 Å². The molecule has 1 aromatic carbocycles. The van der Waals surface area contributed by atoms with Crippen molar-refractivity contribution in [2.45, 2.75) is 26.2 Å². The van der Waals surface area contributed by atoms with Gasteiger partial charge in [-0.2, -0.15) is 0 Å². The van der Waals surface area contributed by atoms with Crippen molar-refractivity contribution in [3.8, 4) is 11.5 Å². The van der Waals surface area contributed by atoms with Crippen LogP contribution < -0.4 is 14.8 Å². The Morgan fingerprint density at radius 2 is 2.05 bits per heavy atom. The van der Waals surface area contributed by atoms with Gasteiger partial charge in [0.1, 0.15) is 0 Å². The third-order valence-corrected chi connectivity index (χ3v) is 4.15. The molecule has 0 atom stereocenters. The highest BCUT2D eigenvalue weighted by atomic mass is 79.9. The van der Waals surface area contributed by atoms with Crippen LogP contribution in [0.3, 0.4) is 0 Å². The van der Waals surface area contributed by atoms with E-state index < -0.39 is 0 Å². The average molecular weight is 328 g/mol. The number of nitrogens with one attached hydrogen (secondary N) is 1. The minimum absolute atomic E-state index is 0.652. The zero-order valence-electron chi connectivity index (χ0n) is 11.7. The fourth-order valence-corrected chi connectivity index (χ4v) is 3.27. The molecule has 1 fully saturated rings. The first-order valence-electron chi connectivity index (χ1n) is 6.94. The summed E-state index contributed by atoms with van der Waals surface area (Å²) in [5.41, 5.74) is 1.32. The normalized spacial score (nSPS) is 16.4. The molecule has 0 spiro atoms. The van der Waals surface area contributed by atoms with Crippen molar-refractivity contribution in [3.63, 3.8) is 0 Å². The Morgan fingerprint density at radius 1 is 1.32 bits per heavy atom. The van der Waals surface area contributed by atoms with Crippen molar-refractivity contribution in [1.29, 1.82) is 0 Å². The SMILES string of the molecule is CCOc1cc(CC2CCNCC2)cc(Br)c1OC. The maximum absolute atomic E-state index is 5.67. The first-order valence-corrected chi connectivity index (χ1v) is 7.73. The molecule has 1 aliphatic heterocycles. The van der Waals surface area contributed by atoms with Crippen LogP contribution >= 0.6 is 15.9 Å². The molecule has 1 heterocycles. The zero-order chi connectivity index (χ0) is 13.7. The van der Waals surface area contributed by atoms with Gasteiger partial charge in [0.05, 0.1) is 18.2 Å². The molecule has 1 aromatic rings. The molecule has 2 rings (SSSR count). The van der Waals surface area contributed by atoms with Crippen molar-refractivity contribution in [1.82, 2.24) is 5.32 Å². The summed E-state index contributed by atoms with van der Waals surface area (Å²) < 4.78 is 12.0. The second kappa shape index (κ2) is 7.15. The predicted octanol–water partition coefficient (Wildman–Crippen LogP) is 3.40. The van der Waals surface area contributed by atoms with Gasteiger partial charge in [0.15, 0.2) is 11.5 Å². The smallest absolute Gasteiger partial charge is 0.174 e. The van der Waals surface area contributed by atoms with Crippen LogP contribution in [0.2, 0.25) is 0 Å². The molecule has 0 aliphatic carbocycles. The summed E-state index contributed by atoms with van der Waals surface area (Å²) in [7, 11) is 1.68. The molecule has 0 aromatic heterocycles. The highest BCUT2D eigenvalue weighted by molar-refractivity contribution is 9.10. The van der Waals surface area contributed by atoms with Crippen molar-refractivity contribution in [2.24, 2.45) is 5.92 Å². The molecule has 3 nitrogen and oxygen atoms in total. The minimum Gasteiger partial charge on any atom is -0.492 e. The van der Waals surface area contributed by atoms with Crippen molar-refractivity contribution in [3.05, 3.63) is 22.2 Å². The van der Waals surface area contributed by atoms with Gasteiger partial charge in [-0.25, -0.2) is 0 Å². The van der Waals surface area contributed by atoms with E-state index in [0.717, 1.165) is 41.4 Å². The monoisotopic (exact) mass is 327 g/mol. The van der Waals surface area contributed by atoms with Gasteiger partial charge in [-0.1, -0.05) is 0 Å². The third-order valence-electron chi connectivity index (χ3n) is 3.56. The van der Waals surface area contributed by atoms with E-state index in [0.29, 0.717) is 6.61 Å². The number of benzene rings is 1. The highest BCUT2D eigenvalue weighted by Gasteiger charge is 2.16. The summed E-state index contributed by atoms with van der Waals surface area (Å²) in [5.74, 6) is 2.40. The minimum atomic E-state index is 0.652.